The Kier molecular flexibility index (Phi) is 16.4. The largest absolute Gasteiger partial charge is 0.481 e. The van der Waals surface area contributed by atoms with Crippen LogP contribution >= 0.6 is 0 Å². The average Bonchev–Trinajstić information content (AvgIpc) is 2.50. The van der Waals surface area contributed by atoms with E-state index in [1.165, 1.54) is 77.0 Å². The van der Waals surface area contributed by atoms with E-state index in [9.17, 15) is 9.90 Å². The minimum atomic E-state index is -0.576. The normalized spacial score (nSPS) is 12.5. The van der Waals surface area contributed by atoms with Crippen LogP contribution in [0.3, 0.4) is 0 Å². The Balaban J connectivity index is 3.42. The fourth-order valence-electron chi connectivity index (χ4n) is 3.09. The van der Waals surface area contributed by atoms with Crippen molar-refractivity contribution in [2.75, 3.05) is 0 Å². The van der Waals surface area contributed by atoms with Crippen molar-refractivity contribution >= 4 is 5.97 Å². The van der Waals surface area contributed by atoms with Crippen molar-refractivity contribution in [3.05, 3.63) is 0 Å². The number of carboxylic acid groups (broad SMARTS) is 1. The average molecular weight is 313 g/mol. The van der Waals surface area contributed by atoms with E-state index in [0.717, 1.165) is 25.7 Å². The highest BCUT2D eigenvalue weighted by Crippen LogP contribution is 2.19. The number of rotatable bonds is 17. The Morgan fingerprint density at radius 1 is 0.636 bits per heavy atom. The van der Waals surface area contributed by atoms with Crippen molar-refractivity contribution in [3.8, 4) is 0 Å². The summed E-state index contributed by atoms with van der Waals surface area (Å²) in [5.74, 6) is -0.668. The molecule has 0 spiro atoms. The topological polar surface area (TPSA) is 37.3 Å². The Labute approximate surface area is 139 Å². The van der Waals surface area contributed by atoms with Crippen LogP contribution in [-0.4, -0.2) is 11.1 Å². The molecule has 1 N–H and O–H groups in total. The Morgan fingerprint density at radius 3 is 1.32 bits per heavy atom. The third-order valence-electron chi connectivity index (χ3n) is 4.66. The first-order valence-electron chi connectivity index (χ1n) is 9.95. The second-order valence-electron chi connectivity index (χ2n) is 6.86. The van der Waals surface area contributed by atoms with Crippen LogP contribution in [0.1, 0.15) is 117 Å². The monoisotopic (exact) mass is 312 g/mol. The van der Waals surface area contributed by atoms with E-state index < -0.39 is 5.97 Å². The van der Waals surface area contributed by atoms with Crippen molar-refractivity contribution in [2.24, 2.45) is 5.92 Å². The van der Waals surface area contributed by atoms with Crippen LogP contribution in [0.2, 0.25) is 0 Å². The van der Waals surface area contributed by atoms with E-state index in [1.54, 1.807) is 0 Å². The number of carbonyl (C=O) groups is 1. The maximum absolute atomic E-state index is 11.3. The number of unbranched alkanes of at least 4 members (excludes halogenated alkanes) is 12. The molecule has 22 heavy (non-hydrogen) atoms. The molecule has 0 aromatic heterocycles. The first-order chi connectivity index (χ1) is 10.7. The van der Waals surface area contributed by atoms with E-state index in [-0.39, 0.29) is 5.92 Å². The molecule has 0 aromatic carbocycles. The molecule has 0 rings (SSSR count). The molecule has 0 aliphatic heterocycles. The molecule has 0 radical (unpaired) electrons. The van der Waals surface area contributed by atoms with Gasteiger partial charge >= 0.3 is 5.97 Å². The zero-order valence-electron chi connectivity index (χ0n) is 15.2. The molecule has 2 heteroatoms. The van der Waals surface area contributed by atoms with Crippen molar-refractivity contribution in [2.45, 2.75) is 117 Å². The van der Waals surface area contributed by atoms with Gasteiger partial charge in [-0.15, -0.1) is 0 Å². The minimum Gasteiger partial charge on any atom is -0.481 e. The van der Waals surface area contributed by atoms with E-state index >= 15 is 0 Å². The standard InChI is InChI=1S/C20H40O2/c1-3-5-7-9-10-11-12-13-14-16-18-19(20(21)22)17-15-8-6-4-2/h19H,3-18H2,1-2H3,(H,21,22). The zero-order chi connectivity index (χ0) is 16.5. The summed E-state index contributed by atoms with van der Waals surface area (Å²) in [4.78, 5) is 11.3. The summed E-state index contributed by atoms with van der Waals surface area (Å²) >= 11 is 0. The molecule has 0 saturated carbocycles. The summed E-state index contributed by atoms with van der Waals surface area (Å²) in [6.45, 7) is 4.45. The van der Waals surface area contributed by atoms with Gasteiger partial charge in [-0.3, -0.25) is 4.79 Å². The molecule has 1 atom stereocenters. The van der Waals surface area contributed by atoms with E-state index in [1.807, 2.05) is 0 Å². The van der Waals surface area contributed by atoms with Gasteiger partial charge in [0.25, 0.3) is 0 Å². The van der Waals surface area contributed by atoms with Crippen LogP contribution in [-0.2, 0) is 4.79 Å². The number of hydrogen-bond acceptors (Lipinski definition) is 1. The van der Waals surface area contributed by atoms with Crippen molar-refractivity contribution < 1.29 is 9.90 Å². The van der Waals surface area contributed by atoms with Gasteiger partial charge in [-0.25, -0.2) is 0 Å². The van der Waals surface area contributed by atoms with Crippen LogP contribution in [0.5, 0.6) is 0 Å². The SMILES string of the molecule is CCCCCCCCCCCCC(CCCCCC)C(=O)O. The lowest BCUT2D eigenvalue weighted by Crippen LogP contribution is -2.13. The molecule has 0 aliphatic rings. The van der Waals surface area contributed by atoms with Gasteiger partial charge in [-0.05, 0) is 12.8 Å². The number of hydrogen-bond donors (Lipinski definition) is 1. The van der Waals surface area contributed by atoms with Gasteiger partial charge in [0.05, 0.1) is 5.92 Å². The maximum Gasteiger partial charge on any atom is 0.306 e. The third kappa shape index (κ3) is 14.4. The molecule has 0 fully saturated rings. The van der Waals surface area contributed by atoms with Gasteiger partial charge in [0.15, 0.2) is 0 Å². The molecule has 1 unspecified atom stereocenters. The Morgan fingerprint density at radius 2 is 0.955 bits per heavy atom. The predicted molar refractivity (Wildman–Crippen MR) is 96.3 cm³/mol. The first-order valence-corrected chi connectivity index (χ1v) is 9.95. The number of carboxylic acids is 1. The van der Waals surface area contributed by atoms with Crippen LogP contribution in [0, 0.1) is 5.92 Å². The summed E-state index contributed by atoms with van der Waals surface area (Å²) < 4.78 is 0. The highest BCUT2D eigenvalue weighted by Gasteiger charge is 2.15. The number of aliphatic carboxylic acids is 1. The fourth-order valence-corrected chi connectivity index (χ4v) is 3.09. The second kappa shape index (κ2) is 16.8. The van der Waals surface area contributed by atoms with Crippen LogP contribution in [0.4, 0.5) is 0 Å². The van der Waals surface area contributed by atoms with Crippen molar-refractivity contribution in [1.29, 1.82) is 0 Å². The lowest BCUT2D eigenvalue weighted by Gasteiger charge is -2.12. The van der Waals surface area contributed by atoms with Gasteiger partial charge in [-0.1, -0.05) is 104 Å². The third-order valence-corrected chi connectivity index (χ3v) is 4.66. The molecular weight excluding hydrogens is 272 g/mol. The highest BCUT2D eigenvalue weighted by molar-refractivity contribution is 5.69. The van der Waals surface area contributed by atoms with Crippen LogP contribution < -0.4 is 0 Å². The summed E-state index contributed by atoms with van der Waals surface area (Å²) in [6.07, 6.45) is 19.7. The molecule has 2 nitrogen and oxygen atoms in total. The van der Waals surface area contributed by atoms with E-state index in [2.05, 4.69) is 13.8 Å². The van der Waals surface area contributed by atoms with Gasteiger partial charge in [0.1, 0.15) is 0 Å². The fraction of sp³-hybridized carbons (Fsp3) is 0.950. The van der Waals surface area contributed by atoms with Gasteiger partial charge in [0, 0.05) is 0 Å². The Bertz CT molecular complexity index is 238. The van der Waals surface area contributed by atoms with Crippen molar-refractivity contribution in [1.82, 2.24) is 0 Å². The second-order valence-corrected chi connectivity index (χ2v) is 6.86. The summed E-state index contributed by atoms with van der Waals surface area (Å²) in [6, 6.07) is 0. The summed E-state index contributed by atoms with van der Waals surface area (Å²) in [7, 11) is 0. The Hall–Kier alpha value is -0.530. The summed E-state index contributed by atoms with van der Waals surface area (Å²) in [5, 5.41) is 9.27. The quantitative estimate of drug-likeness (QED) is 0.294. The van der Waals surface area contributed by atoms with Crippen LogP contribution in [0.25, 0.3) is 0 Å². The molecule has 0 aromatic rings. The van der Waals surface area contributed by atoms with E-state index in [0.29, 0.717) is 0 Å². The smallest absolute Gasteiger partial charge is 0.306 e. The lowest BCUT2D eigenvalue weighted by molar-refractivity contribution is -0.142. The maximum atomic E-state index is 11.3. The zero-order valence-corrected chi connectivity index (χ0v) is 15.2. The minimum absolute atomic E-state index is 0.0918. The first kappa shape index (κ1) is 21.5. The van der Waals surface area contributed by atoms with Gasteiger partial charge < -0.3 is 5.11 Å². The molecular formula is C20H40O2. The molecule has 0 heterocycles. The predicted octanol–water partition coefficient (Wildman–Crippen LogP) is 6.97. The molecule has 132 valence electrons. The molecule has 0 amide bonds. The molecule has 0 bridgehead atoms. The van der Waals surface area contributed by atoms with Crippen LogP contribution in [0.15, 0.2) is 0 Å². The molecule has 0 aliphatic carbocycles. The van der Waals surface area contributed by atoms with Crippen molar-refractivity contribution in [3.63, 3.8) is 0 Å². The summed E-state index contributed by atoms with van der Waals surface area (Å²) in [5.41, 5.74) is 0. The highest BCUT2D eigenvalue weighted by atomic mass is 16.4. The van der Waals surface area contributed by atoms with E-state index in [4.69, 9.17) is 0 Å². The van der Waals surface area contributed by atoms with Gasteiger partial charge in [0.2, 0.25) is 0 Å². The molecule has 0 saturated heterocycles. The van der Waals surface area contributed by atoms with Gasteiger partial charge in [-0.2, -0.15) is 0 Å². The lowest BCUT2D eigenvalue weighted by atomic mass is 9.94.